The van der Waals surface area contributed by atoms with E-state index in [4.69, 9.17) is 18.6 Å². The molecule has 0 aliphatic carbocycles. The van der Waals surface area contributed by atoms with Gasteiger partial charge in [-0.1, -0.05) is 0 Å². The van der Waals surface area contributed by atoms with Crippen LogP contribution < -0.4 is 4.74 Å². The van der Waals surface area contributed by atoms with Crippen molar-refractivity contribution >= 4 is 17.1 Å². The zero-order valence-electron chi connectivity index (χ0n) is 10.2. The quantitative estimate of drug-likeness (QED) is 0.594. The zero-order valence-corrected chi connectivity index (χ0v) is 10.2. The molecule has 0 amide bonds. The molecule has 17 heavy (non-hydrogen) atoms. The number of benzene rings is 1. The van der Waals surface area contributed by atoms with Crippen molar-refractivity contribution in [1.82, 2.24) is 0 Å². The van der Waals surface area contributed by atoms with Crippen molar-refractivity contribution in [1.29, 1.82) is 0 Å². The summed E-state index contributed by atoms with van der Waals surface area (Å²) in [6.45, 7) is 5.41. The fraction of sp³-hybridized carbons (Fsp3) is 0.417. The third-order valence-corrected chi connectivity index (χ3v) is 2.11. The van der Waals surface area contributed by atoms with E-state index in [1.165, 1.54) is 7.11 Å². The zero-order chi connectivity index (χ0) is 12.6. The van der Waals surface area contributed by atoms with Gasteiger partial charge in [0.25, 0.3) is 5.58 Å². The molecular formula is C12H14O5. The number of ether oxygens (including phenoxy) is 2. The largest absolute Gasteiger partial charge is 0.492 e. The van der Waals surface area contributed by atoms with Gasteiger partial charge in [0, 0.05) is 0 Å². The Morgan fingerprint density at radius 2 is 1.94 bits per heavy atom. The monoisotopic (exact) mass is 238 g/mol. The molecule has 1 aromatic carbocycles. The maximum Gasteiger partial charge on any atom is 0.342 e. The van der Waals surface area contributed by atoms with Crippen LogP contribution in [0.1, 0.15) is 31.1 Å². The molecular weight excluding hydrogens is 224 g/mol. The minimum absolute atomic E-state index is 0.324. The Bertz CT molecular complexity index is 541. The van der Waals surface area contributed by atoms with Crippen molar-refractivity contribution in [3.63, 3.8) is 0 Å². The summed E-state index contributed by atoms with van der Waals surface area (Å²) in [5.74, 6) is -0.115. The van der Waals surface area contributed by atoms with Gasteiger partial charge in [-0.25, -0.2) is 4.79 Å². The first-order valence-electron chi connectivity index (χ1n) is 5.21. The van der Waals surface area contributed by atoms with Crippen LogP contribution in [0, 0.1) is 0 Å². The summed E-state index contributed by atoms with van der Waals surface area (Å²) in [5.41, 5.74) is 0.747. The van der Waals surface area contributed by atoms with E-state index in [-0.39, 0.29) is 0 Å². The molecule has 0 N–H and O–H groups in total. The van der Waals surface area contributed by atoms with Gasteiger partial charge >= 0.3 is 5.97 Å². The molecule has 1 heterocycles. The first-order valence-corrected chi connectivity index (χ1v) is 5.21. The second-order valence-corrected chi connectivity index (χ2v) is 4.64. The Balaban J connectivity index is 2.38. The minimum Gasteiger partial charge on any atom is -0.492 e. The molecule has 0 unspecified atom stereocenters. The van der Waals surface area contributed by atoms with Crippen LogP contribution >= 0.6 is 0 Å². The van der Waals surface area contributed by atoms with Crippen molar-refractivity contribution in [2.24, 2.45) is 0 Å². The Labute approximate surface area is 98.2 Å². The first-order chi connectivity index (χ1) is 7.92. The standard InChI is InChI=1S/C12H14O5/c1-12(2,3)15-11(13)7-5-6-8-10(17-16-8)9(7)14-4/h5-6H,1-4H3. The highest BCUT2D eigenvalue weighted by atomic mass is 17.0. The first kappa shape index (κ1) is 11.6. The molecule has 0 saturated carbocycles. The highest BCUT2D eigenvalue weighted by Crippen LogP contribution is 2.33. The fourth-order valence-electron chi connectivity index (χ4n) is 1.44. The number of carbonyl (C=O) groups excluding carboxylic acids is 1. The Hall–Kier alpha value is -1.91. The van der Waals surface area contributed by atoms with Crippen LogP contribution in [0.25, 0.3) is 11.2 Å². The molecule has 0 atom stereocenters. The van der Waals surface area contributed by atoms with Gasteiger partial charge in [-0.2, -0.15) is 0 Å². The van der Waals surface area contributed by atoms with Crippen LogP contribution in [0.3, 0.4) is 0 Å². The van der Waals surface area contributed by atoms with Crippen molar-refractivity contribution in [2.75, 3.05) is 7.11 Å². The van der Waals surface area contributed by atoms with Crippen LogP contribution in [-0.2, 0) is 4.74 Å². The Morgan fingerprint density at radius 1 is 1.24 bits per heavy atom. The lowest BCUT2D eigenvalue weighted by molar-refractivity contribution is 0.00641. The summed E-state index contributed by atoms with van der Waals surface area (Å²) in [7, 11) is 1.46. The lowest BCUT2D eigenvalue weighted by Crippen LogP contribution is -2.24. The second kappa shape index (κ2) is 3.84. The molecule has 0 aliphatic rings. The van der Waals surface area contributed by atoms with Gasteiger partial charge in [-0.3, -0.25) is 9.15 Å². The van der Waals surface area contributed by atoms with Crippen LogP contribution in [0.4, 0.5) is 0 Å². The third kappa shape index (κ3) is 2.13. The van der Waals surface area contributed by atoms with Gasteiger partial charge < -0.3 is 9.47 Å². The van der Waals surface area contributed by atoms with Crippen LogP contribution in [0.15, 0.2) is 21.3 Å². The van der Waals surface area contributed by atoms with Crippen molar-refractivity contribution in [2.45, 2.75) is 26.4 Å². The molecule has 0 fully saturated rings. The summed E-state index contributed by atoms with van der Waals surface area (Å²) in [5, 5.41) is 0. The van der Waals surface area contributed by atoms with Crippen LogP contribution in [0.2, 0.25) is 0 Å². The van der Waals surface area contributed by atoms with E-state index in [1.54, 1.807) is 32.9 Å². The Morgan fingerprint density at radius 3 is 2.41 bits per heavy atom. The SMILES string of the molecule is COc1c(C(=O)OC(C)(C)C)ccc2ooc12. The summed E-state index contributed by atoms with van der Waals surface area (Å²) >= 11 is 0. The molecule has 1 aromatic heterocycles. The van der Waals surface area contributed by atoms with Crippen molar-refractivity contribution < 1.29 is 23.4 Å². The highest BCUT2D eigenvalue weighted by molar-refractivity contribution is 5.98. The van der Waals surface area contributed by atoms with E-state index >= 15 is 0 Å². The maximum atomic E-state index is 11.9. The number of rotatable bonds is 2. The third-order valence-electron chi connectivity index (χ3n) is 2.11. The molecule has 0 saturated heterocycles. The smallest absolute Gasteiger partial charge is 0.342 e. The number of fused-ring (bicyclic) bond motifs is 1. The van der Waals surface area contributed by atoms with E-state index in [0.29, 0.717) is 22.5 Å². The summed E-state index contributed by atoms with van der Waals surface area (Å²) < 4.78 is 19.9. The topological polar surface area (TPSA) is 61.8 Å². The average Bonchev–Trinajstić information content (AvgIpc) is 2.16. The Kier molecular flexibility index (Phi) is 2.61. The molecule has 5 heteroatoms. The number of hydrogen-bond acceptors (Lipinski definition) is 5. The number of esters is 1. The number of carbonyl (C=O) groups is 1. The second-order valence-electron chi connectivity index (χ2n) is 4.64. The molecule has 0 bridgehead atoms. The molecule has 0 aliphatic heterocycles. The van der Waals surface area contributed by atoms with Gasteiger partial charge in [0.05, 0.1) is 7.11 Å². The maximum absolute atomic E-state index is 11.9. The molecule has 2 aromatic rings. The summed E-state index contributed by atoms with van der Waals surface area (Å²) in [4.78, 5) is 11.9. The van der Waals surface area contributed by atoms with Crippen molar-refractivity contribution in [3.8, 4) is 5.75 Å². The average molecular weight is 238 g/mol. The van der Waals surface area contributed by atoms with Crippen LogP contribution in [-0.4, -0.2) is 18.7 Å². The van der Waals surface area contributed by atoms with E-state index in [1.807, 2.05) is 0 Å². The van der Waals surface area contributed by atoms with Crippen molar-refractivity contribution in [3.05, 3.63) is 17.7 Å². The molecule has 2 rings (SSSR count). The summed E-state index contributed by atoms with van der Waals surface area (Å²) in [6, 6.07) is 3.23. The molecule has 0 radical (unpaired) electrons. The predicted octanol–water partition coefficient (Wildman–Crippen LogP) is 2.99. The van der Waals surface area contributed by atoms with Gasteiger partial charge in [-0.15, -0.1) is 0 Å². The van der Waals surface area contributed by atoms with E-state index < -0.39 is 11.6 Å². The number of hydrogen-bond donors (Lipinski definition) is 0. The van der Waals surface area contributed by atoms with Crippen LogP contribution in [0.5, 0.6) is 5.75 Å². The van der Waals surface area contributed by atoms with Gasteiger partial charge in [-0.05, 0) is 32.9 Å². The van der Waals surface area contributed by atoms with E-state index in [2.05, 4.69) is 0 Å². The normalized spacial score (nSPS) is 11.8. The van der Waals surface area contributed by atoms with Gasteiger partial charge in [0.2, 0.25) is 5.58 Å². The molecule has 92 valence electrons. The van der Waals surface area contributed by atoms with E-state index in [0.717, 1.165) is 0 Å². The lowest BCUT2D eigenvalue weighted by atomic mass is 10.1. The number of methoxy groups -OCH3 is 1. The predicted molar refractivity (Wildman–Crippen MR) is 60.2 cm³/mol. The fourth-order valence-corrected chi connectivity index (χ4v) is 1.44. The lowest BCUT2D eigenvalue weighted by Gasteiger charge is -2.20. The minimum atomic E-state index is -0.553. The van der Waals surface area contributed by atoms with Gasteiger partial charge in [0.15, 0.2) is 5.75 Å². The van der Waals surface area contributed by atoms with E-state index in [9.17, 15) is 4.79 Å². The summed E-state index contributed by atoms with van der Waals surface area (Å²) in [6.07, 6.45) is 0. The molecule has 0 spiro atoms. The molecule has 5 nitrogen and oxygen atoms in total. The van der Waals surface area contributed by atoms with Gasteiger partial charge in [0.1, 0.15) is 11.2 Å². The highest BCUT2D eigenvalue weighted by Gasteiger charge is 2.25.